The minimum Gasteiger partial charge on any atom is -0.435 e. The number of carbonyl (C=O) groups is 2. The normalized spacial score (nSPS) is 10.3. The third-order valence-corrected chi connectivity index (χ3v) is 2.93. The average Bonchev–Trinajstić information content (AvgIpc) is 2.54. The average molecular weight is 320 g/mol. The van der Waals surface area contributed by atoms with Crippen LogP contribution in [0.4, 0.5) is 14.5 Å². The van der Waals surface area contributed by atoms with Crippen molar-refractivity contribution in [3.63, 3.8) is 0 Å². The minimum absolute atomic E-state index is 0.105. The molecule has 2 rings (SSSR count). The fourth-order valence-corrected chi connectivity index (χ4v) is 1.90. The topological polar surface area (TPSA) is 67.4 Å². The van der Waals surface area contributed by atoms with Crippen molar-refractivity contribution in [2.24, 2.45) is 0 Å². The highest BCUT2D eigenvalue weighted by atomic mass is 19.3. The summed E-state index contributed by atoms with van der Waals surface area (Å²) in [6.07, 6.45) is 0. The molecule has 0 saturated carbocycles. The summed E-state index contributed by atoms with van der Waals surface area (Å²) >= 11 is 0. The van der Waals surface area contributed by atoms with E-state index in [1.54, 1.807) is 18.2 Å². The van der Waals surface area contributed by atoms with Crippen molar-refractivity contribution in [2.75, 3.05) is 12.4 Å². The van der Waals surface area contributed by atoms with Gasteiger partial charge in [0.05, 0.1) is 0 Å². The third-order valence-electron chi connectivity index (χ3n) is 2.93. The highest BCUT2D eigenvalue weighted by Crippen LogP contribution is 2.18. The van der Waals surface area contributed by atoms with Crippen molar-refractivity contribution in [1.82, 2.24) is 5.32 Å². The second kappa shape index (κ2) is 7.35. The zero-order valence-corrected chi connectivity index (χ0v) is 12.2. The van der Waals surface area contributed by atoms with Crippen LogP contribution in [0.2, 0.25) is 0 Å². The maximum Gasteiger partial charge on any atom is 0.387 e. The molecule has 0 spiro atoms. The standard InChI is InChI=1S/C16H14F2N2O3/c1-19-14(21)10-4-2-6-12(8-10)20-15(22)11-5-3-7-13(9-11)23-16(17)18/h2-9,16H,1H3,(H,19,21)(H,20,22). The summed E-state index contributed by atoms with van der Waals surface area (Å²) in [5.41, 5.74) is 0.963. The molecule has 2 amide bonds. The number of hydrogen-bond acceptors (Lipinski definition) is 3. The van der Waals surface area contributed by atoms with Gasteiger partial charge in [-0.1, -0.05) is 12.1 Å². The van der Waals surface area contributed by atoms with Crippen molar-refractivity contribution >= 4 is 17.5 Å². The summed E-state index contributed by atoms with van der Waals surface area (Å²) in [6.45, 7) is -2.96. The minimum atomic E-state index is -2.96. The first-order valence-corrected chi connectivity index (χ1v) is 6.68. The first kappa shape index (κ1) is 16.4. The molecule has 0 aliphatic heterocycles. The first-order valence-electron chi connectivity index (χ1n) is 6.68. The SMILES string of the molecule is CNC(=O)c1cccc(NC(=O)c2cccc(OC(F)F)c2)c1. The van der Waals surface area contributed by atoms with Crippen LogP contribution in [0.3, 0.4) is 0 Å². The number of carbonyl (C=O) groups excluding carboxylic acids is 2. The molecule has 7 heteroatoms. The number of rotatable bonds is 5. The lowest BCUT2D eigenvalue weighted by Gasteiger charge is -2.09. The number of amides is 2. The van der Waals surface area contributed by atoms with Crippen LogP contribution in [0.1, 0.15) is 20.7 Å². The number of alkyl halides is 2. The maximum absolute atomic E-state index is 12.2. The fraction of sp³-hybridized carbons (Fsp3) is 0.125. The summed E-state index contributed by atoms with van der Waals surface area (Å²) in [5.74, 6) is -0.890. The molecule has 0 aliphatic carbocycles. The van der Waals surface area contributed by atoms with Crippen LogP contribution in [0.5, 0.6) is 5.75 Å². The van der Waals surface area contributed by atoms with Gasteiger partial charge in [0.25, 0.3) is 11.8 Å². The van der Waals surface area contributed by atoms with E-state index >= 15 is 0 Å². The van der Waals surface area contributed by atoms with E-state index in [-0.39, 0.29) is 17.2 Å². The van der Waals surface area contributed by atoms with Crippen molar-refractivity contribution < 1.29 is 23.1 Å². The van der Waals surface area contributed by atoms with Crippen molar-refractivity contribution in [1.29, 1.82) is 0 Å². The van der Waals surface area contributed by atoms with Gasteiger partial charge in [-0.3, -0.25) is 9.59 Å². The predicted octanol–water partition coefficient (Wildman–Crippen LogP) is 2.90. The van der Waals surface area contributed by atoms with Gasteiger partial charge >= 0.3 is 6.61 Å². The van der Waals surface area contributed by atoms with Gasteiger partial charge in [0.2, 0.25) is 0 Å². The van der Waals surface area contributed by atoms with E-state index in [9.17, 15) is 18.4 Å². The second-order valence-corrected chi connectivity index (χ2v) is 4.52. The molecule has 120 valence electrons. The van der Waals surface area contributed by atoms with Crippen molar-refractivity contribution in [3.8, 4) is 5.75 Å². The quantitative estimate of drug-likeness (QED) is 0.890. The van der Waals surface area contributed by atoms with Gasteiger partial charge in [-0.15, -0.1) is 0 Å². The Morgan fingerprint density at radius 2 is 1.65 bits per heavy atom. The highest BCUT2D eigenvalue weighted by Gasteiger charge is 2.11. The summed E-state index contributed by atoms with van der Waals surface area (Å²) < 4.78 is 28.6. The molecule has 0 fully saturated rings. The lowest BCUT2D eigenvalue weighted by Crippen LogP contribution is -2.18. The molecule has 2 N–H and O–H groups in total. The summed E-state index contributed by atoms with van der Waals surface area (Å²) in [4.78, 5) is 23.7. The molecule has 0 saturated heterocycles. The molecule has 23 heavy (non-hydrogen) atoms. The highest BCUT2D eigenvalue weighted by molar-refractivity contribution is 6.05. The maximum atomic E-state index is 12.2. The Morgan fingerprint density at radius 3 is 2.30 bits per heavy atom. The van der Waals surface area contributed by atoms with Gasteiger partial charge in [-0.05, 0) is 36.4 Å². The van der Waals surface area contributed by atoms with E-state index in [0.29, 0.717) is 11.3 Å². The smallest absolute Gasteiger partial charge is 0.387 e. The van der Waals surface area contributed by atoms with E-state index in [2.05, 4.69) is 15.4 Å². The Labute approximate surface area is 131 Å². The van der Waals surface area contributed by atoms with E-state index in [1.165, 1.54) is 37.4 Å². The largest absolute Gasteiger partial charge is 0.435 e. The van der Waals surface area contributed by atoms with Gasteiger partial charge in [0.15, 0.2) is 0 Å². The monoisotopic (exact) mass is 320 g/mol. The summed E-state index contributed by atoms with van der Waals surface area (Å²) in [5, 5.41) is 5.08. The number of benzene rings is 2. The number of ether oxygens (including phenoxy) is 1. The fourth-order valence-electron chi connectivity index (χ4n) is 1.90. The molecule has 2 aromatic rings. The van der Waals surface area contributed by atoms with Gasteiger partial charge in [0.1, 0.15) is 5.75 Å². The molecule has 2 aromatic carbocycles. The van der Waals surface area contributed by atoms with Crippen molar-refractivity contribution in [2.45, 2.75) is 6.61 Å². The van der Waals surface area contributed by atoms with Crippen LogP contribution in [0.25, 0.3) is 0 Å². The third kappa shape index (κ3) is 4.50. The van der Waals surface area contributed by atoms with E-state index in [0.717, 1.165) is 0 Å². The van der Waals surface area contributed by atoms with Crippen LogP contribution in [0.15, 0.2) is 48.5 Å². The molecule has 0 radical (unpaired) electrons. The number of nitrogens with one attached hydrogen (secondary N) is 2. The lowest BCUT2D eigenvalue weighted by atomic mass is 10.1. The Balaban J connectivity index is 2.14. The van der Waals surface area contributed by atoms with Gasteiger partial charge in [-0.25, -0.2) is 0 Å². The van der Waals surface area contributed by atoms with Gasteiger partial charge in [-0.2, -0.15) is 8.78 Å². The number of anilines is 1. The van der Waals surface area contributed by atoms with E-state index in [1.807, 2.05) is 0 Å². The molecule has 0 heterocycles. The number of halogens is 2. The second-order valence-electron chi connectivity index (χ2n) is 4.52. The van der Waals surface area contributed by atoms with E-state index < -0.39 is 12.5 Å². The molecule has 0 unspecified atom stereocenters. The Hall–Kier alpha value is -2.96. The first-order chi connectivity index (χ1) is 11.0. The Morgan fingerprint density at radius 1 is 1.00 bits per heavy atom. The Bertz CT molecular complexity index is 720. The lowest BCUT2D eigenvalue weighted by molar-refractivity contribution is -0.0498. The van der Waals surface area contributed by atoms with Crippen LogP contribution < -0.4 is 15.4 Å². The van der Waals surface area contributed by atoms with E-state index in [4.69, 9.17) is 0 Å². The van der Waals surface area contributed by atoms with Gasteiger partial charge in [0, 0.05) is 23.9 Å². The van der Waals surface area contributed by atoms with Crippen LogP contribution in [-0.4, -0.2) is 25.5 Å². The molecule has 0 bridgehead atoms. The zero-order valence-electron chi connectivity index (χ0n) is 12.2. The molecular formula is C16H14F2N2O3. The Kier molecular flexibility index (Phi) is 5.24. The van der Waals surface area contributed by atoms with Crippen LogP contribution >= 0.6 is 0 Å². The van der Waals surface area contributed by atoms with Crippen LogP contribution in [-0.2, 0) is 0 Å². The zero-order chi connectivity index (χ0) is 16.8. The molecular weight excluding hydrogens is 306 g/mol. The molecule has 5 nitrogen and oxygen atoms in total. The predicted molar refractivity (Wildman–Crippen MR) is 80.9 cm³/mol. The molecule has 0 atom stereocenters. The summed E-state index contributed by atoms with van der Waals surface area (Å²) in [6, 6.07) is 11.8. The van der Waals surface area contributed by atoms with Crippen molar-refractivity contribution in [3.05, 3.63) is 59.7 Å². The summed E-state index contributed by atoms with van der Waals surface area (Å²) in [7, 11) is 1.50. The van der Waals surface area contributed by atoms with Crippen LogP contribution in [0, 0.1) is 0 Å². The van der Waals surface area contributed by atoms with Gasteiger partial charge < -0.3 is 15.4 Å². The molecule has 0 aromatic heterocycles. The molecule has 0 aliphatic rings. The number of hydrogen-bond donors (Lipinski definition) is 2.